The number of rotatable bonds is 6. The molecule has 0 radical (unpaired) electrons. The van der Waals surface area contributed by atoms with Crippen molar-refractivity contribution < 1.29 is 29.0 Å². The van der Waals surface area contributed by atoms with Gasteiger partial charge >= 0.3 is 12.1 Å². The van der Waals surface area contributed by atoms with E-state index < -0.39 is 23.9 Å². The first-order valence-electron chi connectivity index (χ1n) is 5.72. The summed E-state index contributed by atoms with van der Waals surface area (Å²) in [6, 6.07) is 4.90. The molecule has 0 fully saturated rings. The van der Waals surface area contributed by atoms with Crippen LogP contribution in [-0.2, 0) is 9.53 Å². The number of carbonyl (C=O) groups excluding carboxylic acids is 2. The number of methoxy groups -OCH3 is 2. The van der Waals surface area contributed by atoms with Crippen LogP contribution in [0, 0.1) is 0 Å². The lowest BCUT2D eigenvalue weighted by Crippen LogP contribution is -2.42. The number of carboxylic acids is 1. The summed E-state index contributed by atoms with van der Waals surface area (Å²) < 4.78 is 9.26. The van der Waals surface area contributed by atoms with E-state index in [0.717, 1.165) is 7.11 Å². The van der Waals surface area contributed by atoms with Crippen LogP contribution in [0.3, 0.4) is 0 Å². The van der Waals surface area contributed by atoms with Gasteiger partial charge in [0.1, 0.15) is 11.8 Å². The number of carbonyl (C=O) groups is 3. The van der Waals surface area contributed by atoms with Gasteiger partial charge in [-0.15, -0.1) is 0 Å². The first-order valence-corrected chi connectivity index (χ1v) is 5.72. The zero-order chi connectivity index (χ0) is 15.1. The lowest BCUT2D eigenvalue weighted by molar-refractivity contribution is -0.139. The van der Waals surface area contributed by atoms with Crippen LogP contribution in [0.4, 0.5) is 4.79 Å². The van der Waals surface area contributed by atoms with Crippen molar-refractivity contribution in [3.05, 3.63) is 29.8 Å². The number of Topliss-reactive ketones (excluding diaryl/α,β-unsaturated/α-hetero) is 1. The van der Waals surface area contributed by atoms with E-state index in [0.29, 0.717) is 11.3 Å². The Morgan fingerprint density at radius 1 is 1.20 bits per heavy atom. The van der Waals surface area contributed by atoms with Crippen LogP contribution in [0.1, 0.15) is 16.8 Å². The lowest BCUT2D eigenvalue weighted by Gasteiger charge is -2.12. The molecular formula is C13H15NO6. The molecule has 0 saturated heterocycles. The standard InChI is InChI=1S/C13H15NO6/c1-19-9-5-3-8(4-6-9)11(15)7-10(12(16)17)14-13(18)20-2/h3-6,10H,7H2,1-2H3,(H,14,18)(H,16,17). The van der Waals surface area contributed by atoms with E-state index in [1.165, 1.54) is 19.2 Å². The number of hydrogen-bond acceptors (Lipinski definition) is 5. The van der Waals surface area contributed by atoms with Crippen LogP contribution < -0.4 is 10.1 Å². The van der Waals surface area contributed by atoms with E-state index in [1.807, 2.05) is 0 Å². The number of hydrogen-bond donors (Lipinski definition) is 2. The molecule has 0 spiro atoms. The summed E-state index contributed by atoms with van der Waals surface area (Å²) in [6.45, 7) is 0. The second-order valence-corrected chi connectivity index (χ2v) is 3.88. The number of ketones is 1. The van der Waals surface area contributed by atoms with Gasteiger partial charge in [0.2, 0.25) is 0 Å². The van der Waals surface area contributed by atoms with Gasteiger partial charge < -0.3 is 19.9 Å². The number of ether oxygens (including phenoxy) is 2. The van der Waals surface area contributed by atoms with Crippen molar-refractivity contribution in [2.24, 2.45) is 0 Å². The van der Waals surface area contributed by atoms with Crippen molar-refractivity contribution in [2.75, 3.05) is 14.2 Å². The van der Waals surface area contributed by atoms with Crippen LogP contribution in [0.2, 0.25) is 0 Å². The number of amides is 1. The van der Waals surface area contributed by atoms with Gasteiger partial charge in [-0.25, -0.2) is 9.59 Å². The largest absolute Gasteiger partial charge is 0.497 e. The molecule has 1 rings (SSSR count). The average Bonchev–Trinajstić information content (AvgIpc) is 2.46. The molecule has 0 aliphatic rings. The molecular weight excluding hydrogens is 266 g/mol. The van der Waals surface area contributed by atoms with Gasteiger partial charge in [0, 0.05) is 12.0 Å². The third-order valence-electron chi connectivity index (χ3n) is 2.58. The molecule has 0 aliphatic heterocycles. The Morgan fingerprint density at radius 2 is 1.80 bits per heavy atom. The van der Waals surface area contributed by atoms with Crippen LogP contribution in [0.25, 0.3) is 0 Å². The molecule has 2 N–H and O–H groups in total. The first-order chi connectivity index (χ1) is 9.47. The molecule has 1 aromatic rings. The fraction of sp³-hybridized carbons (Fsp3) is 0.308. The maximum Gasteiger partial charge on any atom is 0.407 e. The van der Waals surface area contributed by atoms with E-state index in [4.69, 9.17) is 9.84 Å². The zero-order valence-electron chi connectivity index (χ0n) is 11.1. The van der Waals surface area contributed by atoms with Gasteiger partial charge in [-0.2, -0.15) is 0 Å². The number of alkyl carbamates (subject to hydrolysis) is 1. The number of carboxylic acid groups (broad SMARTS) is 1. The molecule has 1 unspecified atom stereocenters. The smallest absolute Gasteiger partial charge is 0.407 e. The molecule has 108 valence electrons. The Balaban J connectivity index is 2.74. The monoisotopic (exact) mass is 281 g/mol. The molecule has 1 atom stereocenters. The molecule has 0 bridgehead atoms. The predicted octanol–water partition coefficient (Wildman–Crippen LogP) is 1.08. The Kier molecular flexibility index (Phi) is 5.52. The summed E-state index contributed by atoms with van der Waals surface area (Å²) >= 11 is 0. The third kappa shape index (κ3) is 4.27. The van der Waals surface area contributed by atoms with Crippen molar-refractivity contribution in [2.45, 2.75) is 12.5 Å². The fourth-order valence-electron chi connectivity index (χ4n) is 1.48. The summed E-state index contributed by atoms with van der Waals surface area (Å²) in [6.07, 6.45) is -1.27. The van der Waals surface area contributed by atoms with Gasteiger partial charge in [-0.3, -0.25) is 4.79 Å². The summed E-state index contributed by atoms with van der Waals surface area (Å²) in [7, 11) is 2.61. The quantitative estimate of drug-likeness (QED) is 0.756. The van der Waals surface area contributed by atoms with E-state index in [9.17, 15) is 14.4 Å². The van der Waals surface area contributed by atoms with Gasteiger partial charge in [0.05, 0.1) is 14.2 Å². The van der Waals surface area contributed by atoms with E-state index >= 15 is 0 Å². The minimum atomic E-state index is -1.34. The molecule has 1 amide bonds. The van der Waals surface area contributed by atoms with E-state index in [-0.39, 0.29) is 6.42 Å². The number of nitrogens with one attached hydrogen (secondary N) is 1. The summed E-state index contributed by atoms with van der Waals surface area (Å²) in [4.78, 5) is 33.9. The maximum atomic E-state index is 11.9. The summed E-state index contributed by atoms with van der Waals surface area (Å²) in [5.41, 5.74) is 0.337. The minimum absolute atomic E-state index is 0.337. The first kappa shape index (κ1) is 15.5. The minimum Gasteiger partial charge on any atom is -0.497 e. The van der Waals surface area contributed by atoms with Crippen molar-refractivity contribution in [1.29, 1.82) is 0 Å². The second-order valence-electron chi connectivity index (χ2n) is 3.88. The van der Waals surface area contributed by atoms with Crippen LogP contribution >= 0.6 is 0 Å². The fourth-order valence-corrected chi connectivity index (χ4v) is 1.48. The highest BCUT2D eigenvalue weighted by molar-refractivity contribution is 5.99. The second kappa shape index (κ2) is 7.13. The predicted molar refractivity (Wildman–Crippen MR) is 68.9 cm³/mol. The number of aliphatic carboxylic acids is 1. The Labute approximate surface area is 115 Å². The molecule has 7 nitrogen and oxygen atoms in total. The maximum absolute atomic E-state index is 11.9. The topological polar surface area (TPSA) is 102 Å². The van der Waals surface area contributed by atoms with Crippen LogP contribution in [0.5, 0.6) is 5.75 Å². The lowest BCUT2D eigenvalue weighted by atomic mass is 10.0. The van der Waals surface area contributed by atoms with Crippen molar-refractivity contribution in [3.63, 3.8) is 0 Å². The van der Waals surface area contributed by atoms with Crippen LogP contribution in [0.15, 0.2) is 24.3 Å². The highest BCUT2D eigenvalue weighted by Gasteiger charge is 2.24. The zero-order valence-corrected chi connectivity index (χ0v) is 11.1. The van der Waals surface area contributed by atoms with Crippen LogP contribution in [-0.4, -0.2) is 43.2 Å². The SMILES string of the molecule is COC(=O)NC(CC(=O)c1ccc(OC)cc1)C(=O)O. The Bertz CT molecular complexity index is 496. The molecule has 20 heavy (non-hydrogen) atoms. The van der Waals surface area contributed by atoms with Crippen molar-refractivity contribution in [1.82, 2.24) is 5.32 Å². The normalized spacial score (nSPS) is 11.3. The summed E-state index contributed by atoms with van der Waals surface area (Å²) in [5, 5.41) is 11.0. The molecule has 1 aromatic carbocycles. The van der Waals surface area contributed by atoms with Gasteiger partial charge in [-0.05, 0) is 24.3 Å². The molecule has 0 aromatic heterocycles. The van der Waals surface area contributed by atoms with Gasteiger partial charge in [-0.1, -0.05) is 0 Å². The van der Waals surface area contributed by atoms with Gasteiger partial charge in [0.15, 0.2) is 5.78 Å². The van der Waals surface area contributed by atoms with Gasteiger partial charge in [0.25, 0.3) is 0 Å². The van der Waals surface area contributed by atoms with E-state index in [1.54, 1.807) is 12.1 Å². The highest BCUT2D eigenvalue weighted by atomic mass is 16.5. The third-order valence-corrected chi connectivity index (χ3v) is 2.58. The molecule has 0 aliphatic carbocycles. The molecule has 0 heterocycles. The summed E-state index contributed by atoms with van der Waals surface area (Å²) in [5.74, 6) is -1.13. The van der Waals surface area contributed by atoms with E-state index in [2.05, 4.69) is 10.1 Å². The Morgan fingerprint density at radius 3 is 2.25 bits per heavy atom. The van der Waals surface area contributed by atoms with Crippen molar-refractivity contribution in [3.8, 4) is 5.75 Å². The average molecular weight is 281 g/mol. The number of benzene rings is 1. The highest BCUT2D eigenvalue weighted by Crippen LogP contribution is 2.13. The van der Waals surface area contributed by atoms with Crippen molar-refractivity contribution >= 4 is 17.8 Å². The Hall–Kier alpha value is -2.57. The molecule has 7 heteroatoms. The molecule has 0 saturated carbocycles.